The second kappa shape index (κ2) is 5.09. The molecule has 0 aliphatic rings. The van der Waals surface area contributed by atoms with Crippen LogP contribution in [0.25, 0.3) is 0 Å². The average Bonchev–Trinajstić information content (AvgIpc) is 2.24. The lowest BCUT2D eigenvalue weighted by molar-refractivity contribution is 1.37. The fourth-order valence-corrected chi connectivity index (χ4v) is 2.21. The van der Waals surface area contributed by atoms with Gasteiger partial charge in [0.25, 0.3) is 0 Å². The minimum absolute atomic E-state index is 0.458. The normalized spacial score (nSPS) is 10.4. The highest BCUT2D eigenvalue weighted by atomic mass is 35.5. The van der Waals surface area contributed by atoms with Crippen LogP contribution in [0.1, 0.15) is 11.1 Å². The number of benzene rings is 2. The molecule has 0 fully saturated rings. The molecule has 2 aromatic carbocycles. The highest BCUT2D eigenvalue weighted by Crippen LogP contribution is 2.32. The fourth-order valence-electron chi connectivity index (χ4n) is 1.87. The molecule has 0 bridgehead atoms. The zero-order valence-corrected chi connectivity index (χ0v) is 11.7. The molecular weight excluding hydrogens is 267 g/mol. The smallest absolute Gasteiger partial charge is 0.0633 e. The third-order valence-corrected chi connectivity index (χ3v) is 3.32. The number of aryl methyl sites for hydroxylation is 2. The summed E-state index contributed by atoms with van der Waals surface area (Å²) in [5.74, 6) is 0. The Morgan fingerprint density at radius 2 is 1.44 bits per heavy atom. The van der Waals surface area contributed by atoms with E-state index in [1.54, 1.807) is 12.1 Å². The van der Waals surface area contributed by atoms with E-state index in [9.17, 15) is 0 Å². The first-order chi connectivity index (χ1) is 8.45. The predicted molar refractivity (Wildman–Crippen MR) is 80.1 cm³/mol. The maximum absolute atomic E-state index is 5.99. The van der Waals surface area contributed by atoms with Gasteiger partial charge in [0, 0.05) is 5.69 Å². The lowest BCUT2D eigenvalue weighted by Crippen LogP contribution is -1.97. The summed E-state index contributed by atoms with van der Waals surface area (Å²) in [4.78, 5) is 0. The van der Waals surface area contributed by atoms with Gasteiger partial charge in [0.05, 0.1) is 21.4 Å². The summed E-state index contributed by atoms with van der Waals surface area (Å²) in [5, 5.41) is 4.20. The lowest BCUT2D eigenvalue weighted by Gasteiger charge is -2.12. The summed E-state index contributed by atoms with van der Waals surface area (Å²) in [6.45, 7) is 4.10. The van der Waals surface area contributed by atoms with Crippen molar-refractivity contribution in [2.24, 2.45) is 0 Å². The zero-order chi connectivity index (χ0) is 13.3. The van der Waals surface area contributed by atoms with Crippen LogP contribution in [0.15, 0.2) is 30.3 Å². The lowest BCUT2D eigenvalue weighted by atomic mass is 10.1. The number of hydrogen-bond donors (Lipinski definition) is 2. The van der Waals surface area contributed by atoms with Gasteiger partial charge < -0.3 is 11.1 Å². The Bertz CT molecular complexity index is 574. The van der Waals surface area contributed by atoms with Crippen LogP contribution in [0.4, 0.5) is 17.1 Å². The van der Waals surface area contributed by atoms with E-state index in [0.29, 0.717) is 15.7 Å². The highest BCUT2D eigenvalue weighted by molar-refractivity contribution is 6.42. The van der Waals surface area contributed by atoms with Gasteiger partial charge in [0.1, 0.15) is 0 Å². The van der Waals surface area contributed by atoms with E-state index in [0.717, 1.165) is 11.4 Å². The van der Waals surface area contributed by atoms with Crippen LogP contribution < -0.4 is 11.1 Å². The fraction of sp³-hybridized carbons (Fsp3) is 0.143. The number of rotatable bonds is 2. The zero-order valence-electron chi connectivity index (χ0n) is 10.2. The van der Waals surface area contributed by atoms with E-state index < -0.39 is 0 Å². The highest BCUT2D eigenvalue weighted by Gasteiger charge is 2.05. The first-order valence-corrected chi connectivity index (χ1v) is 6.31. The number of hydrogen-bond acceptors (Lipinski definition) is 2. The first-order valence-electron chi connectivity index (χ1n) is 5.55. The Hall–Kier alpha value is -1.38. The third-order valence-electron chi connectivity index (χ3n) is 2.59. The summed E-state index contributed by atoms with van der Waals surface area (Å²) in [5.41, 5.74) is 10.6. The maximum atomic E-state index is 5.99. The summed E-state index contributed by atoms with van der Waals surface area (Å²) < 4.78 is 0. The van der Waals surface area contributed by atoms with Gasteiger partial charge in [-0.2, -0.15) is 0 Å². The molecule has 0 unspecified atom stereocenters. The standard InChI is InChI=1S/C14H14Cl2N2/c1-8-3-9(2)5-10(4-8)18-14-7-12(16)11(15)6-13(14)17/h3-7,18H,17H2,1-2H3. The summed E-state index contributed by atoms with van der Waals surface area (Å²) in [6, 6.07) is 9.60. The van der Waals surface area contributed by atoms with E-state index in [-0.39, 0.29) is 0 Å². The Kier molecular flexibility index (Phi) is 3.69. The molecule has 0 amide bonds. The number of nitrogens with two attached hydrogens (primary N) is 1. The van der Waals surface area contributed by atoms with Gasteiger partial charge in [-0.05, 0) is 49.2 Å². The number of halogens is 2. The molecule has 94 valence electrons. The predicted octanol–water partition coefficient (Wildman–Crippen LogP) is 4.94. The summed E-state index contributed by atoms with van der Waals surface area (Å²) in [7, 11) is 0. The molecule has 0 heterocycles. The third kappa shape index (κ3) is 2.89. The first kappa shape index (κ1) is 13.1. The van der Waals surface area contributed by atoms with Crippen molar-refractivity contribution in [3.8, 4) is 0 Å². The van der Waals surface area contributed by atoms with Crippen LogP contribution in [-0.4, -0.2) is 0 Å². The second-order valence-corrected chi connectivity index (χ2v) is 5.17. The molecule has 2 nitrogen and oxygen atoms in total. The Morgan fingerprint density at radius 3 is 2.06 bits per heavy atom. The minimum atomic E-state index is 0.458. The van der Waals surface area contributed by atoms with Crippen molar-refractivity contribution in [3.63, 3.8) is 0 Å². The van der Waals surface area contributed by atoms with Crippen LogP contribution >= 0.6 is 23.2 Å². The molecule has 0 spiro atoms. The quantitative estimate of drug-likeness (QED) is 0.765. The summed E-state index contributed by atoms with van der Waals surface area (Å²) in [6.07, 6.45) is 0. The van der Waals surface area contributed by atoms with E-state index in [1.165, 1.54) is 11.1 Å². The molecule has 0 aliphatic heterocycles. The second-order valence-electron chi connectivity index (χ2n) is 4.35. The van der Waals surface area contributed by atoms with Gasteiger partial charge >= 0.3 is 0 Å². The van der Waals surface area contributed by atoms with Crippen molar-refractivity contribution in [1.29, 1.82) is 0 Å². The van der Waals surface area contributed by atoms with Gasteiger partial charge in [0.2, 0.25) is 0 Å². The van der Waals surface area contributed by atoms with Gasteiger partial charge in [-0.15, -0.1) is 0 Å². The maximum Gasteiger partial charge on any atom is 0.0633 e. The van der Waals surface area contributed by atoms with Crippen LogP contribution in [0, 0.1) is 13.8 Å². The van der Waals surface area contributed by atoms with E-state index >= 15 is 0 Å². The molecule has 0 atom stereocenters. The molecule has 0 aliphatic carbocycles. The van der Waals surface area contributed by atoms with Crippen LogP contribution in [-0.2, 0) is 0 Å². The molecule has 0 saturated carbocycles. The van der Waals surface area contributed by atoms with Crippen molar-refractivity contribution >= 4 is 40.3 Å². The Morgan fingerprint density at radius 1 is 0.889 bits per heavy atom. The Balaban J connectivity index is 2.36. The number of nitrogens with one attached hydrogen (secondary N) is 1. The van der Waals surface area contributed by atoms with Gasteiger partial charge in [-0.3, -0.25) is 0 Å². The summed E-state index contributed by atoms with van der Waals surface area (Å²) >= 11 is 11.9. The van der Waals surface area contributed by atoms with Gasteiger partial charge in [-0.1, -0.05) is 29.3 Å². The number of nitrogen functional groups attached to an aromatic ring is 1. The largest absolute Gasteiger partial charge is 0.397 e. The minimum Gasteiger partial charge on any atom is -0.397 e. The van der Waals surface area contributed by atoms with Crippen LogP contribution in [0.5, 0.6) is 0 Å². The average molecular weight is 281 g/mol. The number of anilines is 3. The molecule has 0 radical (unpaired) electrons. The molecule has 4 heteroatoms. The molecule has 0 aromatic heterocycles. The molecule has 18 heavy (non-hydrogen) atoms. The van der Waals surface area contributed by atoms with Crippen molar-refractivity contribution in [3.05, 3.63) is 51.5 Å². The Labute approximate surface area is 117 Å². The van der Waals surface area contributed by atoms with Crippen LogP contribution in [0.2, 0.25) is 10.0 Å². The van der Waals surface area contributed by atoms with E-state index in [2.05, 4.69) is 37.4 Å². The SMILES string of the molecule is Cc1cc(C)cc(Nc2cc(Cl)c(Cl)cc2N)c1. The van der Waals surface area contributed by atoms with E-state index in [4.69, 9.17) is 28.9 Å². The van der Waals surface area contributed by atoms with Gasteiger partial charge in [0.15, 0.2) is 0 Å². The monoisotopic (exact) mass is 280 g/mol. The van der Waals surface area contributed by atoms with Crippen molar-refractivity contribution < 1.29 is 0 Å². The topological polar surface area (TPSA) is 38.0 Å². The molecule has 3 N–H and O–H groups in total. The molecular formula is C14H14Cl2N2. The van der Waals surface area contributed by atoms with Crippen molar-refractivity contribution in [2.75, 3.05) is 11.1 Å². The molecule has 0 saturated heterocycles. The molecule has 2 aromatic rings. The van der Waals surface area contributed by atoms with Crippen LogP contribution in [0.3, 0.4) is 0 Å². The molecule has 2 rings (SSSR count). The van der Waals surface area contributed by atoms with Crippen molar-refractivity contribution in [2.45, 2.75) is 13.8 Å². The van der Waals surface area contributed by atoms with Crippen molar-refractivity contribution in [1.82, 2.24) is 0 Å². The van der Waals surface area contributed by atoms with E-state index in [1.807, 2.05) is 0 Å². The van der Waals surface area contributed by atoms with Gasteiger partial charge in [-0.25, -0.2) is 0 Å².